The van der Waals surface area contributed by atoms with Crippen molar-refractivity contribution in [3.8, 4) is 22.3 Å². The lowest BCUT2D eigenvalue weighted by molar-refractivity contribution is 0.101. The van der Waals surface area contributed by atoms with Crippen molar-refractivity contribution in [3.63, 3.8) is 0 Å². The van der Waals surface area contributed by atoms with Crippen molar-refractivity contribution in [2.24, 2.45) is 0 Å². The summed E-state index contributed by atoms with van der Waals surface area (Å²) in [5, 5.41) is 4.24. The zero-order valence-corrected chi connectivity index (χ0v) is 12.0. The van der Waals surface area contributed by atoms with E-state index in [0.29, 0.717) is 0 Å². The van der Waals surface area contributed by atoms with E-state index in [0.717, 1.165) is 11.1 Å². The molecule has 98 valence electrons. The van der Waals surface area contributed by atoms with Gasteiger partial charge in [-0.05, 0) is 46.0 Å². The van der Waals surface area contributed by atoms with Crippen molar-refractivity contribution >= 4 is 17.1 Å². The normalized spacial score (nSPS) is 10.4. The van der Waals surface area contributed by atoms with Gasteiger partial charge >= 0.3 is 0 Å². The number of carbonyl (C=O) groups is 1. The first-order chi connectivity index (χ1) is 9.74. The predicted octanol–water partition coefficient (Wildman–Crippen LogP) is 5.28. The number of Topliss-reactive ketones (excluding diaryl/α,β-unsaturated/α-hetero) is 1. The first kappa shape index (κ1) is 12.8. The van der Waals surface area contributed by atoms with E-state index < -0.39 is 0 Å². The maximum absolute atomic E-state index is 11.3. The molecule has 0 saturated carbocycles. The second kappa shape index (κ2) is 5.43. The van der Waals surface area contributed by atoms with Gasteiger partial charge in [0.1, 0.15) is 0 Å². The lowest BCUT2D eigenvalue weighted by Gasteiger charge is -2.04. The summed E-state index contributed by atoms with van der Waals surface area (Å²) in [5.74, 6) is 0.101. The van der Waals surface area contributed by atoms with Crippen LogP contribution in [-0.2, 0) is 0 Å². The second-order valence-electron chi connectivity index (χ2n) is 4.72. The maximum atomic E-state index is 11.3. The van der Waals surface area contributed by atoms with Gasteiger partial charge in [-0.3, -0.25) is 4.79 Å². The summed E-state index contributed by atoms with van der Waals surface area (Å²) < 4.78 is 0. The molecule has 0 fully saturated rings. The molecule has 0 bridgehead atoms. The Hall–Kier alpha value is -2.19. The molecule has 0 saturated heterocycles. The van der Waals surface area contributed by atoms with Gasteiger partial charge in [0.2, 0.25) is 0 Å². The van der Waals surface area contributed by atoms with Gasteiger partial charge in [-0.1, -0.05) is 48.5 Å². The first-order valence-electron chi connectivity index (χ1n) is 6.48. The second-order valence-corrected chi connectivity index (χ2v) is 5.50. The molecular weight excluding hydrogens is 264 g/mol. The van der Waals surface area contributed by atoms with Crippen molar-refractivity contribution in [2.75, 3.05) is 0 Å². The Labute approximate surface area is 122 Å². The van der Waals surface area contributed by atoms with Gasteiger partial charge in [0, 0.05) is 5.56 Å². The van der Waals surface area contributed by atoms with Crippen molar-refractivity contribution < 1.29 is 4.79 Å². The van der Waals surface area contributed by atoms with Gasteiger partial charge in [-0.15, -0.1) is 0 Å². The third-order valence-electron chi connectivity index (χ3n) is 3.36. The maximum Gasteiger partial charge on any atom is 0.159 e. The molecular formula is C18H14OS. The Morgan fingerprint density at radius 3 is 1.70 bits per heavy atom. The highest BCUT2D eigenvalue weighted by Gasteiger charge is 2.02. The van der Waals surface area contributed by atoms with Gasteiger partial charge in [0.05, 0.1) is 0 Å². The topological polar surface area (TPSA) is 17.1 Å². The first-order valence-corrected chi connectivity index (χ1v) is 7.42. The minimum absolute atomic E-state index is 0.101. The van der Waals surface area contributed by atoms with Crippen LogP contribution in [-0.4, -0.2) is 5.78 Å². The number of thiophene rings is 1. The van der Waals surface area contributed by atoms with E-state index in [9.17, 15) is 4.79 Å². The van der Waals surface area contributed by atoms with Crippen LogP contribution in [0.5, 0.6) is 0 Å². The van der Waals surface area contributed by atoms with Crippen LogP contribution >= 0.6 is 11.3 Å². The molecule has 0 unspecified atom stereocenters. The van der Waals surface area contributed by atoms with Crippen molar-refractivity contribution in [2.45, 2.75) is 6.92 Å². The lowest BCUT2D eigenvalue weighted by atomic mass is 10.0. The van der Waals surface area contributed by atoms with Gasteiger partial charge < -0.3 is 0 Å². The molecule has 0 radical (unpaired) electrons. The lowest BCUT2D eigenvalue weighted by Crippen LogP contribution is -1.90. The van der Waals surface area contributed by atoms with Gasteiger partial charge in [0.15, 0.2) is 5.78 Å². The highest BCUT2D eigenvalue weighted by atomic mass is 32.1. The summed E-state index contributed by atoms with van der Waals surface area (Å²) in [6, 6.07) is 18.4. The number of rotatable bonds is 3. The number of carbonyl (C=O) groups excluding carboxylic acids is 1. The number of benzene rings is 2. The van der Waals surface area contributed by atoms with Crippen molar-refractivity contribution in [1.82, 2.24) is 0 Å². The monoisotopic (exact) mass is 278 g/mol. The Balaban J connectivity index is 1.89. The Morgan fingerprint density at radius 1 is 0.750 bits per heavy atom. The standard InChI is InChI=1S/C18H14OS/c1-13(19)14-2-4-15(5-3-14)16-6-8-17(9-7-16)18-10-11-20-12-18/h2-12H,1H3. The van der Waals surface area contributed by atoms with Crippen LogP contribution in [0, 0.1) is 0 Å². The minimum atomic E-state index is 0.101. The average Bonchev–Trinajstić information content (AvgIpc) is 3.02. The molecule has 2 aromatic carbocycles. The number of hydrogen-bond acceptors (Lipinski definition) is 2. The van der Waals surface area contributed by atoms with Crippen molar-refractivity contribution in [3.05, 3.63) is 70.9 Å². The molecule has 0 aliphatic carbocycles. The number of hydrogen-bond donors (Lipinski definition) is 0. The van der Waals surface area contributed by atoms with Crippen LogP contribution in [0.3, 0.4) is 0 Å². The fourth-order valence-corrected chi connectivity index (χ4v) is 2.85. The van der Waals surface area contributed by atoms with E-state index in [1.54, 1.807) is 18.3 Å². The van der Waals surface area contributed by atoms with E-state index >= 15 is 0 Å². The van der Waals surface area contributed by atoms with Crippen molar-refractivity contribution in [1.29, 1.82) is 0 Å². The van der Waals surface area contributed by atoms with Crippen LogP contribution in [0.1, 0.15) is 17.3 Å². The minimum Gasteiger partial charge on any atom is -0.295 e. The summed E-state index contributed by atoms with van der Waals surface area (Å²) in [6.45, 7) is 1.59. The van der Waals surface area contributed by atoms with Gasteiger partial charge in [0.25, 0.3) is 0 Å². The summed E-state index contributed by atoms with van der Waals surface area (Å²) in [4.78, 5) is 11.3. The summed E-state index contributed by atoms with van der Waals surface area (Å²) in [5.41, 5.74) is 5.54. The van der Waals surface area contributed by atoms with Crippen LogP contribution in [0.15, 0.2) is 65.4 Å². The van der Waals surface area contributed by atoms with Crippen LogP contribution in [0.2, 0.25) is 0 Å². The van der Waals surface area contributed by atoms with E-state index in [1.165, 1.54) is 16.7 Å². The smallest absolute Gasteiger partial charge is 0.159 e. The van der Waals surface area contributed by atoms with E-state index in [2.05, 4.69) is 41.1 Å². The Morgan fingerprint density at radius 2 is 1.25 bits per heavy atom. The van der Waals surface area contributed by atoms with E-state index in [-0.39, 0.29) is 5.78 Å². The largest absolute Gasteiger partial charge is 0.295 e. The van der Waals surface area contributed by atoms with Gasteiger partial charge in [-0.2, -0.15) is 11.3 Å². The molecule has 0 N–H and O–H groups in total. The van der Waals surface area contributed by atoms with Crippen LogP contribution in [0.4, 0.5) is 0 Å². The van der Waals surface area contributed by atoms with Crippen LogP contribution in [0.25, 0.3) is 22.3 Å². The van der Waals surface area contributed by atoms with Crippen LogP contribution < -0.4 is 0 Å². The molecule has 1 nitrogen and oxygen atoms in total. The zero-order chi connectivity index (χ0) is 13.9. The molecule has 0 amide bonds. The quantitative estimate of drug-likeness (QED) is 0.595. The summed E-state index contributed by atoms with van der Waals surface area (Å²) >= 11 is 1.71. The summed E-state index contributed by atoms with van der Waals surface area (Å²) in [7, 11) is 0. The third kappa shape index (κ3) is 2.56. The molecule has 0 aliphatic rings. The highest BCUT2D eigenvalue weighted by Crippen LogP contribution is 2.26. The molecule has 0 atom stereocenters. The molecule has 1 heterocycles. The molecule has 1 aromatic heterocycles. The molecule has 3 rings (SSSR count). The summed E-state index contributed by atoms with van der Waals surface area (Å²) in [6.07, 6.45) is 0. The number of ketones is 1. The predicted molar refractivity (Wildman–Crippen MR) is 85.2 cm³/mol. The highest BCUT2D eigenvalue weighted by molar-refractivity contribution is 7.08. The average molecular weight is 278 g/mol. The Kier molecular flexibility index (Phi) is 3.48. The molecule has 0 spiro atoms. The molecule has 2 heteroatoms. The zero-order valence-electron chi connectivity index (χ0n) is 11.2. The Bertz CT molecular complexity index is 707. The fraction of sp³-hybridized carbons (Fsp3) is 0.0556. The molecule has 3 aromatic rings. The van der Waals surface area contributed by atoms with Gasteiger partial charge in [-0.25, -0.2) is 0 Å². The fourth-order valence-electron chi connectivity index (χ4n) is 2.18. The molecule has 20 heavy (non-hydrogen) atoms. The molecule has 0 aliphatic heterocycles. The van der Waals surface area contributed by atoms with E-state index in [1.807, 2.05) is 24.3 Å². The van der Waals surface area contributed by atoms with E-state index in [4.69, 9.17) is 0 Å². The SMILES string of the molecule is CC(=O)c1ccc(-c2ccc(-c3ccsc3)cc2)cc1. The third-order valence-corrected chi connectivity index (χ3v) is 4.05.